The Labute approximate surface area is 123 Å². The number of amides is 1. The van der Waals surface area contributed by atoms with Gasteiger partial charge in [-0.05, 0) is 12.5 Å². The molecule has 0 unspecified atom stereocenters. The summed E-state index contributed by atoms with van der Waals surface area (Å²) in [6, 6.07) is 9.20. The zero-order valence-corrected chi connectivity index (χ0v) is 11.9. The number of carboxylic acid groups (broad SMARTS) is 1. The molecule has 0 bridgehead atoms. The van der Waals surface area contributed by atoms with E-state index < -0.39 is 18.2 Å². The van der Waals surface area contributed by atoms with E-state index in [2.05, 4.69) is 0 Å². The number of nitrogens with zero attached hydrogens (tertiary/aromatic N) is 1. The Bertz CT molecular complexity index is 490. The number of carboxylic acids is 1. The zero-order valence-electron chi connectivity index (χ0n) is 11.9. The lowest BCUT2D eigenvalue weighted by molar-refractivity contribution is -0.163. The number of morpholine rings is 1. The Morgan fingerprint density at radius 1 is 1.43 bits per heavy atom. The number of rotatable bonds is 5. The third-order valence-corrected chi connectivity index (χ3v) is 3.31. The molecule has 0 saturated carbocycles. The smallest absolute Gasteiger partial charge is 0.334 e. The van der Waals surface area contributed by atoms with E-state index in [4.69, 9.17) is 14.6 Å². The highest BCUT2D eigenvalue weighted by Crippen LogP contribution is 2.21. The molecule has 1 aromatic carbocycles. The first-order valence-corrected chi connectivity index (χ1v) is 6.93. The predicted octanol–water partition coefficient (Wildman–Crippen LogP) is 1.08. The summed E-state index contributed by atoms with van der Waals surface area (Å²) in [5.41, 5.74) is 0.766. The number of carbonyl (C=O) groups is 2. The van der Waals surface area contributed by atoms with Crippen molar-refractivity contribution in [2.75, 3.05) is 26.3 Å². The van der Waals surface area contributed by atoms with Crippen LogP contribution >= 0.6 is 0 Å². The van der Waals surface area contributed by atoms with Crippen LogP contribution in [0.1, 0.15) is 18.6 Å². The zero-order chi connectivity index (χ0) is 15.2. The molecule has 2 atom stereocenters. The van der Waals surface area contributed by atoms with Gasteiger partial charge in [0.2, 0.25) is 0 Å². The lowest BCUT2D eigenvalue weighted by Crippen LogP contribution is -2.50. The van der Waals surface area contributed by atoms with E-state index >= 15 is 0 Å². The molecule has 1 heterocycles. The molecular formula is C15H19NO5. The number of hydrogen-bond acceptors (Lipinski definition) is 4. The number of carbonyl (C=O) groups excluding carboxylic acids is 1. The molecule has 1 amide bonds. The molecule has 1 saturated heterocycles. The van der Waals surface area contributed by atoms with Crippen LogP contribution in [0, 0.1) is 0 Å². The van der Waals surface area contributed by atoms with Crippen LogP contribution in [-0.4, -0.2) is 54.3 Å². The Morgan fingerprint density at radius 2 is 2.14 bits per heavy atom. The Kier molecular flexibility index (Phi) is 5.30. The second kappa shape index (κ2) is 7.19. The number of hydrogen-bond donors (Lipinski definition) is 1. The molecule has 114 valence electrons. The van der Waals surface area contributed by atoms with E-state index in [1.54, 1.807) is 0 Å². The molecule has 0 radical (unpaired) electrons. The van der Waals surface area contributed by atoms with Crippen molar-refractivity contribution >= 4 is 11.9 Å². The molecule has 2 rings (SSSR count). The second-order valence-electron chi connectivity index (χ2n) is 4.73. The molecule has 6 heteroatoms. The van der Waals surface area contributed by atoms with Crippen LogP contribution in [0.3, 0.4) is 0 Å². The van der Waals surface area contributed by atoms with Gasteiger partial charge >= 0.3 is 5.97 Å². The van der Waals surface area contributed by atoms with Gasteiger partial charge < -0.3 is 19.5 Å². The summed E-state index contributed by atoms with van der Waals surface area (Å²) in [5, 5.41) is 9.00. The first-order valence-electron chi connectivity index (χ1n) is 6.93. The van der Waals surface area contributed by atoms with E-state index in [0.717, 1.165) is 5.56 Å². The summed E-state index contributed by atoms with van der Waals surface area (Å²) in [5.74, 6) is -1.28. The molecule has 1 aliphatic rings. The fourth-order valence-corrected chi connectivity index (χ4v) is 2.27. The van der Waals surface area contributed by atoms with Crippen molar-refractivity contribution < 1.29 is 24.2 Å². The van der Waals surface area contributed by atoms with Gasteiger partial charge in [0.25, 0.3) is 5.91 Å². The summed E-state index contributed by atoms with van der Waals surface area (Å²) in [6.45, 7) is 2.86. The summed E-state index contributed by atoms with van der Waals surface area (Å²) in [7, 11) is 0. The van der Waals surface area contributed by atoms with Crippen LogP contribution in [0.15, 0.2) is 30.3 Å². The van der Waals surface area contributed by atoms with Gasteiger partial charge in [0.05, 0.1) is 13.2 Å². The molecular weight excluding hydrogens is 274 g/mol. The van der Waals surface area contributed by atoms with Crippen molar-refractivity contribution in [2.45, 2.75) is 19.1 Å². The van der Waals surface area contributed by atoms with E-state index in [0.29, 0.717) is 13.2 Å². The van der Waals surface area contributed by atoms with Crippen molar-refractivity contribution in [1.82, 2.24) is 4.90 Å². The van der Waals surface area contributed by atoms with Crippen LogP contribution in [0.25, 0.3) is 0 Å². The topological polar surface area (TPSA) is 76.1 Å². The maximum absolute atomic E-state index is 12.6. The van der Waals surface area contributed by atoms with Gasteiger partial charge in [-0.3, -0.25) is 4.79 Å². The van der Waals surface area contributed by atoms with E-state index in [-0.39, 0.29) is 19.1 Å². The van der Waals surface area contributed by atoms with Gasteiger partial charge in [0, 0.05) is 13.2 Å². The first kappa shape index (κ1) is 15.5. The normalized spacial score (nSPS) is 20.0. The first-order chi connectivity index (χ1) is 10.1. The van der Waals surface area contributed by atoms with E-state index in [9.17, 15) is 9.59 Å². The molecule has 0 aromatic heterocycles. The van der Waals surface area contributed by atoms with Crippen molar-refractivity contribution in [3.63, 3.8) is 0 Å². The summed E-state index contributed by atoms with van der Waals surface area (Å²) >= 11 is 0. The average molecular weight is 293 g/mol. The summed E-state index contributed by atoms with van der Waals surface area (Å²) < 4.78 is 10.7. The molecule has 1 aliphatic heterocycles. The maximum atomic E-state index is 12.6. The van der Waals surface area contributed by atoms with Crippen LogP contribution in [-0.2, 0) is 19.1 Å². The molecule has 1 fully saturated rings. The van der Waals surface area contributed by atoms with Crippen molar-refractivity contribution in [3.8, 4) is 0 Å². The van der Waals surface area contributed by atoms with Gasteiger partial charge in [-0.15, -0.1) is 0 Å². The minimum atomic E-state index is -1.06. The van der Waals surface area contributed by atoms with E-state index in [1.807, 2.05) is 37.3 Å². The third kappa shape index (κ3) is 3.80. The Hall–Kier alpha value is -1.92. The lowest BCUT2D eigenvalue weighted by Gasteiger charge is -2.33. The monoisotopic (exact) mass is 293 g/mol. The Morgan fingerprint density at radius 3 is 2.76 bits per heavy atom. The highest BCUT2D eigenvalue weighted by molar-refractivity contribution is 5.83. The molecule has 0 spiro atoms. The molecule has 1 N–H and O–H groups in total. The standard InChI is InChI=1S/C15H19NO5/c1-2-20-13(11-6-4-3-5-7-11)14(17)16-8-9-21-12(10-16)15(18)19/h3-7,12-13H,2,8-10H2,1H3,(H,18,19)/t12-,13+/m0/s1. The number of benzene rings is 1. The van der Waals surface area contributed by atoms with Gasteiger partial charge in [-0.1, -0.05) is 30.3 Å². The van der Waals surface area contributed by atoms with Crippen molar-refractivity contribution in [1.29, 1.82) is 0 Å². The van der Waals surface area contributed by atoms with Crippen molar-refractivity contribution in [2.24, 2.45) is 0 Å². The van der Waals surface area contributed by atoms with Gasteiger partial charge in [0.1, 0.15) is 0 Å². The molecule has 0 aliphatic carbocycles. The largest absolute Gasteiger partial charge is 0.479 e. The molecule has 6 nitrogen and oxygen atoms in total. The highest BCUT2D eigenvalue weighted by atomic mass is 16.5. The second-order valence-corrected chi connectivity index (χ2v) is 4.73. The molecule has 21 heavy (non-hydrogen) atoms. The summed E-state index contributed by atoms with van der Waals surface area (Å²) in [6.07, 6.45) is -1.68. The van der Waals surface area contributed by atoms with Crippen LogP contribution in [0.2, 0.25) is 0 Å². The van der Waals surface area contributed by atoms with Crippen LogP contribution in [0.4, 0.5) is 0 Å². The minimum absolute atomic E-state index is 0.0462. The maximum Gasteiger partial charge on any atom is 0.334 e. The van der Waals surface area contributed by atoms with Crippen molar-refractivity contribution in [3.05, 3.63) is 35.9 Å². The minimum Gasteiger partial charge on any atom is -0.479 e. The van der Waals surface area contributed by atoms with E-state index in [1.165, 1.54) is 4.90 Å². The fraction of sp³-hybridized carbons (Fsp3) is 0.467. The van der Waals surface area contributed by atoms with Crippen LogP contribution < -0.4 is 0 Å². The van der Waals surface area contributed by atoms with Gasteiger partial charge in [-0.25, -0.2) is 4.79 Å². The number of ether oxygens (including phenoxy) is 2. The summed E-state index contributed by atoms with van der Waals surface area (Å²) in [4.78, 5) is 25.1. The quantitative estimate of drug-likeness (QED) is 0.879. The highest BCUT2D eigenvalue weighted by Gasteiger charge is 2.33. The Balaban J connectivity index is 2.13. The van der Waals surface area contributed by atoms with Gasteiger partial charge in [-0.2, -0.15) is 0 Å². The fourth-order valence-electron chi connectivity index (χ4n) is 2.27. The average Bonchev–Trinajstić information content (AvgIpc) is 2.53. The predicted molar refractivity (Wildman–Crippen MR) is 74.8 cm³/mol. The molecule has 1 aromatic rings. The van der Waals surface area contributed by atoms with Crippen LogP contribution in [0.5, 0.6) is 0 Å². The van der Waals surface area contributed by atoms with Gasteiger partial charge in [0.15, 0.2) is 12.2 Å². The third-order valence-electron chi connectivity index (χ3n) is 3.31. The number of aliphatic carboxylic acids is 1. The lowest BCUT2D eigenvalue weighted by atomic mass is 10.1. The SMILES string of the molecule is CCO[C@@H](C(=O)N1CCO[C@H](C(=O)O)C1)c1ccccc1.